The van der Waals surface area contributed by atoms with E-state index in [1.54, 1.807) is 52.0 Å². The number of nitrogens with one attached hydrogen (secondary N) is 2. The van der Waals surface area contributed by atoms with Gasteiger partial charge in [0.05, 0.1) is 13.2 Å². The number of para-hydroxylation sites is 1. The molecule has 34 heavy (non-hydrogen) atoms. The second kappa shape index (κ2) is 12.2. The van der Waals surface area contributed by atoms with Crippen molar-refractivity contribution in [2.24, 2.45) is 5.92 Å². The van der Waals surface area contributed by atoms with Crippen LogP contribution in [0.15, 0.2) is 30.3 Å². The summed E-state index contributed by atoms with van der Waals surface area (Å²) in [5, 5.41) is 5.21. The molecule has 2 atom stereocenters. The highest BCUT2D eigenvalue weighted by molar-refractivity contribution is 6.00. The predicted molar refractivity (Wildman–Crippen MR) is 124 cm³/mol. The summed E-state index contributed by atoms with van der Waals surface area (Å²) in [6.45, 7) is 6.59. The number of anilines is 1. The molecular weight excluding hydrogens is 442 g/mol. The summed E-state index contributed by atoms with van der Waals surface area (Å²) in [6.07, 6.45) is -0.0327. The van der Waals surface area contributed by atoms with Crippen molar-refractivity contribution in [1.82, 2.24) is 10.2 Å². The molecule has 4 amide bonds. The highest BCUT2D eigenvalue weighted by atomic mass is 16.6. The molecule has 1 saturated heterocycles. The van der Waals surface area contributed by atoms with Gasteiger partial charge in [-0.1, -0.05) is 18.2 Å². The molecule has 1 aromatic rings. The molecule has 0 bridgehead atoms. The van der Waals surface area contributed by atoms with Crippen LogP contribution in [0.4, 0.5) is 10.5 Å². The van der Waals surface area contributed by atoms with Crippen LogP contribution in [0, 0.1) is 5.92 Å². The Balaban J connectivity index is 1.85. The predicted octanol–water partition coefficient (Wildman–Crippen LogP) is 2.63. The van der Waals surface area contributed by atoms with E-state index < -0.39 is 35.5 Å². The van der Waals surface area contributed by atoms with E-state index in [4.69, 9.17) is 9.47 Å². The van der Waals surface area contributed by atoms with Gasteiger partial charge in [-0.25, -0.2) is 14.5 Å². The quantitative estimate of drug-likeness (QED) is 0.525. The van der Waals surface area contributed by atoms with E-state index in [1.165, 1.54) is 0 Å². The number of rotatable bonds is 9. The summed E-state index contributed by atoms with van der Waals surface area (Å²) < 4.78 is 10.3. The Morgan fingerprint density at radius 1 is 1.09 bits per heavy atom. The Hall–Kier alpha value is -3.43. The largest absolute Gasteiger partial charge is 0.464 e. The first-order valence-corrected chi connectivity index (χ1v) is 11.4. The second-order valence-corrected chi connectivity index (χ2v) is 8.97. The molecule has 1 heterocycles. The van der Waals surface area contributed by atoms with Gasteiger partial charge in [0.25, 0.3) is 0 Å². The Bertz CT molecular complexity index is 896. The van der Waals surface area contributed by atoms with Crippen molar-refractivity contribution in [3.05, 3.63) is 30.3 Å². The number of esters is 1. The molecule has 10 nitrogen and oxygen atoms in total. The lowest BCUT2D eigenvalue weighted by atomic mass is 9.98. The highest BCUT2D eigenvalue weighted by Crippen LogP contribution is 2.31. The van der Waals surface area contributed by atoms with Gasteiger partial charge in [-0.3, -0.25) is 14.4 Å². The van der Waals surface area contributed by atoms with Gasteiger partial charge in [-0.05, 0) is 59.1 Å². The number of benzene rings is 1. The SMILES string of the molecule is CCOC(=O)C1CC(CCCC(=O)NCC(=O)Nc2ccccc2)C(=O)N1C(=O)OC(C)(C)C. The maximum atomic E-state index is 12.9. The van der Waals surface area contributed by atoms with E-state index in [1.807, 2.05) is 6.07 Å². The van der Waals surface area contributed by atoms with Crippen LogP contribution in [0.5, 0.6) is 0 Å². The minimum absolute atomic E-state index is 0.0961. The number of hydrogen-bond acceptors (Lipinski definition) is 7. The van der Waals surface area contributed by atoms with Gasteiger partial charge in [0.15, 0.2) is 0 Å². The van der Waals surface area contributed by atoms with Crippen molar-refractivity contribution >= 4 is 35.5 Å². The molecule has 2 unspecified atom stereocenters. The van der Waals surface area contributed by atoms with Crippen LogP contribution in [0.25, 0.3) is 0 Å². The zero-order valence-electron chi connectivity index (χ0n) is 20.1. The maximum Gasteiger partial charge on any atom is 0.417 e. The standard InChI is InChI=1S/C24H33N3O7/c1-5-33-22(31)18-14-16(21(30)27(18)23(32)34-24(2,3)4)10-9-13-19(28)25-15-20(29)26-17-11-7-6-8-12-17/h6-8,11-12,16,18H,5,9-10,13-15H2,1-4H3,(H,25,28)(H,26,29). The number of hydrogen-bond donors (Lipinski definition) is 2. The Labute approximate surface area is 199 Å². The monoisotopic (exact) mass is 475 g/mol. The average molecular weight is 476 g/mol. The van der Waals surface area contributed by atoms with Crippen molar-refractivity contribution in [2.45, 2.75) is 65.0 Å². The van der Waals surface area contributed by atoms with Gasteiger partial charge in [-0.2, -0.15) is 0 Å². The molecule has 0 radical (unpaired) electrons. The summed E-state index contributed by atoms with van der Waals surface area (Å²) in [7, 11) is 0. The zero-order valence-corrected chi connectivity index (χ0v) is 20.1. The molecule has 2 rings (SSSR count). The van der Waals surface area contributed by atoms with Crippen LogP contribution in [0.1, 0.15) is 53.4 Å². The molecule has 186 valence electrons. The van der Waals surface area contributed by atoms with Gasteiger partial charge in [0.2, 0.25) is 17.7 Å². The van der Waals surface area contributed by atoms with Crippen molar-refractivity contribution in [2.75, 3.05) is 18.5 Å². The lowest BCUT2D eigenvalue weighted by molar-refractivity contribution is -0.151. The van der Waals surface area contributed by atoms with Crippen LogP contribution in [-0.2, 0) is 28.7 Å². The molecule has 1 fully saturated rings. The summed E-state index contributed by atoms with van der Waals surface area (Å²) in [4.78, 5) is 62.7. The third-order valence-corrected chi connectivity index (χ3v) is 5.02. The topological polar surface area (TPSA) is 131 Å². The fourth-order valence-corrected chi connectivity index (χ4v) is 3.54. The smallest absolute Gasteiger partial charge is 0.417 e. The van der Waals surface area contributed by atoms with E-state index in [0.29, 0.717) is 18.5 Å². The van der Waals surface area contributed by atoms with Crippen molar-refractivity contribution in [1.29, 1.82) is 0 Å². The molecule has 0 saturated carbocycles. The first-order chi connectivity index (χ1) is 16.0. The minimum atomic E-state index is -1.05. The number of nitrogens with zero attached hydrogens (tertiary/aromatic N) is 1. The molecule has 1 aromatic carbocycles. The van der Waals surface area contributed by atoms with Gasteiger partial charge >= 0.3 is 12.1 Å². The first-order valence-electron chi connectivity index (χ1n) is 11.4. The summed E-state index contributed by atoms with van der Waals surface area (Å²) in [5.41, 5.74) is -0.202. The zero-order chi connectivity index (χ0) is 25.3. The molecule has 0 aromatic heterocycles. The van der Waals surface area contributed by atoms with E-state index in [-0.39, 0.29) is 37.8 Å². The molecule has 2 N–H and O–H groups in total. The molecule has 1 aliphatic rings. The van der Waals surface area contributed by atoms with Gasteiger partial charge in [0.1, 0.15) is 11.6 Å². The number of carbonyl (C=O) groups excluding carboxylic acids is 5. The number of amides is 4. The van der Waals surface area contributed by atoms with Gasteiger partial charge in [-0.15, -0.1) is 0 Å². The Morgan fingerprint density at radius 3 is 2.38 bits per heavy atom. The molecular formula is C24H33N3O7. The molecule has 0 spiro atoms. The van der Waals surface area contributed by atoms with E-state index in [9.17, 15) is 24.0 Å². The third kappa shape index (κ3) is 8.17. The second-order valence-electron chi connectivity index (χ2n) is 8.97. The lowest BCUT2D eigenvalue weighted by Gasteiger charge is -2.26. The van der Waals surface area contributed by atoms with E-state index in [0.717, 1.165) is 4.90 Å². The molecule has 10 heteroatoms. The fraction of sp³-hybridized carbons (Fsp3) is 0.542. The number of ether oxygens (including phenoxy) is 2. The van der Waals surface area contributed by atoms with Crippen molar-refractivity contribution in [3.8, 4) is 0 Å². The van der Waals surface area contributed by atoms with Crippen molar-refractivity contribution in [3.63, 3.8) is 0 Å². The summed E-state index contributed by atoms with van der Waals surface area (Å²) in [6, 6.07) is 7.83. The van der Waals surface area contributed by atoms with Crippen LogP contribution in [0.2, 0.25) is 0 Å². The summed E-state index contributed by atoms with van der Waals surface area (Å²) in [5.74, 6) is -2.48. The average Bonchev–Trinajstić information content (AvgIpc) is 3.08. The van der Waals surface area contributed by atoms with Crippen LogP contribution in [0.3, 0.4) is 0 Å². The minimum Gasteiger partial charge on any atom is -0.464 e. The summed E-state index contributed by atoms with van der Waals surface area (Å²) >= 11 is 0. The van der Waals surface area contributed by atoms with E-state index in [2.05, 4.69) is 10.6 Å². The number of likely N-dealkylation sites (tertiary alicyclic amines) is 1. The first kappa shape index (κ1) is 26.8. The van der Waals surface area contributed by atoms with E-state index >= 15 is 0 Å². The molecule has 1 aliphatic heterocycles. The van der Waals surface area contributed by atoms with Crippen LogP contribution >= 0.6 is 0 Å². The van der Waals surface area contributed by atoms with Crippen LogP contribution in [-0.4, -0.2) is 59.5 Å². The Morgan fingerprint density at radius 2 is 1.76 bits per heavy atom. The maximum absolute atomic E-state index is 12.9. The number of imide groups is 1. The third-order valence-electron chi connectivity index (χ3n) is 5.02. The fourth-order valence-electron chi connectivity index (χ4n) is 3.54. The highest BCUT2D eigenvalue weighted by Gasteiger charge is 2.48. The lowest BCUT2D eigenvalue weighted by Crippen LogP contribution is -2.46. The Kier molecular flexibility index (Phi) is 9.58. The molecule has 0 aliphatic carbocycles. The van der Waals surface area contributed by atoms with Gasteiger partial charge < -0.3 is 20.1 Å². The van der Waals surface area contributed by atoms with Gasteiger partial charge in [0, 0.05) is 18.0 Å². The number of carbonyl (C=O) groups is 5. The van der Waals surface area contributed by atoms with Crippen molar-refractivity contribution < 1.29 is 33.4 Å². The normalized spacial score (nSPS) is 17.8. The van der Waals surface area contributed by atoms with Crippen LogP contribution < -0.4 is 10.6 Å².